The van der Waals surface area contributed by atoms with Gasteiger partial charge < -0.3 is 19.5 Å². The molecule has 1 unspecified atom stereocenters. The Morgan fingerprint density at radius 3 is 2.54 bits per heavy atom. The van der Waals surface area contributed by atoms with Crippen molar-refractivity contribution < 1.29 is 19.0 Å². The molecule has 6 heteroatoms. The summed E-state index contributed by atoms with van der Waals surface area (Å²) >= 11 is 0. The highest BCUT2D eigenvalue weighted by molar-refractivity contribution is 5.92. The molecule has 1 N–H and O–H groups in total. The number of benzene rings is 2. The Hall–Kier alpha value is -3.46. The van der Waals surface area contributed by atoms with Crippen molar-refractivity contribution in [1.82, 2.24) is 5.32 Å². The van der Waals surface area contributed by atoms with E-state index in [2.05, 4.69) is 5.32 Å². The minimum atomic E-state index is -0.222. The third-order valence-electron chi connectivity index (χ3n) is 4.12. The van der Waals surface area contributed by atoms with Crippen LogP contribution in [0.5, 0.6) is 17.2 Å². The average molecular weight is 380 g/mol. The zero-order chi connectivity index (χ0) is 20.5. The standard InChI is InChI=1S/C22H24N2O4/c1-15-5-8-19(26-3)18(13-15)16(2)24-22(25)10-7-17-6-9-20(28-12-11-23)21(14-17)27-4/h5-10,13-14,16H,12H2,1-4H3,(H,24,25)/b10-7+. The van der Waals surface area contributed by atoms with E-state index >= 15 is 0 Å². The lowest BCUT2D eigenvalue weighted by molar-refractivity contribution is -0.117. The Kier molecular flexibility index (Phi) is 7.46. The number of hydrogen-bond acceptors (Lipinski definition) is 5. The van der Waals surface area contributed by atoms with Crippen LogP contribution in [0.2, 0.25) is 0 Å². The van der Waals surface area contributed by atoms with Gasteiger partial charge in [0.1, 0.15) is 11.8 Å². The lowest BCUT2D eigenvalue weighted by Gasteiger charge is -2.17. The molecule has 1 atom stereocenters. The molecule has 1 amide bonds. The molecule has 0 bridgehead atoms. The summed E-state index contributed by atoms with van der Waals surface area (Å²) in [6.45, 7) is 3.84. The predicted molar refractivity (Wildman–Crippen MR) is 107 cm³/mol. The smallest absolute Gasteiger partial charge is 0.244 e. The van der Waals surface area contributed by atoms with Gasteiger partial charge in [0.2, 0.25) is 5.91 Å². The first-order chi connectivity index (χ1) is 13.5. The number of nitrogens with one attached hydrogen (secondary N) is 1. The van der Waals surface area contributed by atoms with Crippen molar-refractivity contribution >= 4 is 12.0 Å². The number of carbonyl (C=O) groups excluding carboxylic acids is 1. The van der Waals surface area contributed by atoms with E-state index in [1.54, 1.807) is 31.4 Å². The Balaban J connectivity index is 2.07. The van der Waals surface area contributed by atoms with Crippen molar-refractivity contribution in [3.63, 3.8) is 0 Å². The zero-order valence-corrected chi connectivity index (χ0v) is 16.5. The number of nitrogens with zero attached hydrogens (tertiary/aromatic N) is 1. The van der Waals surface area contributed by atoms with Crippen LogP contribution >= 0.6 is 0 Å². The monoisotopic (exact) mass is 380 g/mol. The number of aryl methyl sites for hydroxylation is 1. The summed E-state index contributed by atoms with van der Waals surface area (Å²) in [7, 11) is 3.13. The first kappa shape index (κ1) is 20.8. The molecular formula is C22H24N2O4. The summed E-state index contributed by atoms with van der Waals surface area (Å²) in [4.78, 5) is 12.3. The van der Waals surface area contributed by atoms with Crippen LogP contribution in [0.4, 0.5) is 0 Å². The topological polar surface area (TPSA) is 80.6 Å². The average Bonchev–Trinajstić information content (AvgIpc) is 2.70. The van der Waals surface area contributed by atoms with Gasteiger partial charge in [-0.05, 0) is 43.7 Å². The molecular weight excluding hydrogens is 356 g/mol. The van der Waals surface area contributed by atoms with Crippen LogP contribution in [0, 0.1) is 18.3 Å². The van der Waals surface area contributed by atoms with Gasteiger partial charge in [-0.3, -0.25) is 4.79 Å². The van der Waals surface area contributed by atoms with Crippen LogP contribution in [0.15, 0.2) is 42.5 Å². The summed E-state index contributed by atoms with van der Waals surface area (Å²) in [5.74, 6) is 1.49. The summed E-state index contributed by atoms with van der Waals surface area (Å²) < 4.78 is 15.9. The van der Waals surface area contributed by atoms with Crippen molar-refractivity contribution in [2.45, 2.75) is 19.9 Å². The van der Waals surface area contributed by atoms with Gasteiger partial charge in [-0.25, -0.2) is 0 Å². The van der Waals surface area contributed by atoms with Gasteiger partial charge in [-0.1, -0.05) is 23.8 Å². The van der Waals surface area contributed by atoms with Gasteiger partial charge in [-0.2, -0.15) is 5.26 Å². The third kappa shape index (κ3) is 5.52. The number of ether oxygens (including phenoxy) is 3. The van der Waals surface area contributed by atoms with E-state index in [-0.39, 0.29) is 18.6 Å². The van der Waals surface area contributed by atoms with Crippen LogP contribution in [-0.2, 0) is 4.79 Å². The third-order valence-corrected chi connectivity index (χ3v) is 4.12. The van der Waals surface area contributed by atoms with E-state index in [0.717, 1.165) is 22.4 Å². The maximum absolute atomic E-state index is 12.3. The van der Waals surface area contributed by atoms with E-state index in [1.807, 2.05) is 38.1 Å². The first-order valence-corrected chi connectivity index (χ1v) is 8.79. The van der Waals surface area contributed by atoms with Crippen molar-refractivity contribution in [3.05, 3.63) is 59.2 Å². The lowest BCUT2D eigenvalue weighted by Crippen LogP contribution is -2.25. The van der Waals surface area contributed by atoms with Crippen molar-refractivity contribution in [3.8, 4) is 23.3 Å². The molecule has 6 nitrogen and oxygen atoms in total. The van der Waals surface area contributed by atoms with Crippen molar-refractivity contribution in [2.24, 2.45) is 0 Å². The maximum atomic E-state index is 12.3. The van der Waals surface area contributed by atoms with Gasteiger partial charge in [-0.15, -0.1) is 0 Å². The molecule has 0 saturated carbocycles. The fourth-order valence-electron chi connectivity index (χ4n) is 2.72. The highest BCUT2D eigenvalue weighted by Gasteiger charge is 2.13. The van der Waals surface area contributed by atoms with Crippen LogP contribution in [0.25, 0.3) is 6.08 Å². The van der Waals surface area contributed by atoms with Crippen LogP contribution in [0.1, 0.15) is 29.7 Å². The van der Waals surface area contributed by atoms with Crippen molar-refractivity contribution in [2.75, 3.05) is 20.8 Å². The quantitative estimate of drug-likeness (QED) is 0.705. The van der Waals surface area contributed by atoms with Crippen LogP contribution < -0.4 is 19.5 Å². The number of rotatable bonds is 8. The van der Waals surface area contributed by atoms with E-state index in [1.165, 1.54) is 13.2 Å². The normalized spacial score (nSPS) is 11.5. The number of carbonyl (C=O) groups is 1. The van der Waals surface area contributed by atoms with E-state index in [9.17, 15) is 4.79 Å². The fraction of sp³-hybridized carbons (Fsp3) is 0.273. The van der Waals surface area contributed by atoms with Crippen LogP contribution in [0.3, 0.4) is 0 Å². The Bertz CT molecular complexity index is 900. The minimum Gasteiger partial charge on any atom is -0.496 e. The lowest BCUT2D eigenvalue weighted by atomic mass is 10.0. The molecule has 2 aromatic carbocycles. The van der Waals surface area contributed by atoms with Gasteiger partial charge in [0.25, 0.3) is 0 Å². The second-order valence-corrected chi connectivity index (χ2v) is 6.17. The van der Waals surface area contributed by atoms with Gasteiger partial charge in [0.05, 0.1) is 20.3 Å². The summed E-state index contributed by atoms with van der Waals surface area (Å²) in [6.07, 6.45) is 3.15. The molecule has 0 heterocycles. The van der Waals surface area contributed by atoms with Crippen molar-refractivity contribution in [1.29, 1.82) is 5.26 Å². The van der Waals surface area contributed by atoms with E-state index in [4.69, 9.17) is 19.5 Å². The van der Waals surface area contributed by atoms with Gasteiger partial charge in [0, 0.05) is 11.6 Å². The molecule has 0 fully saturated rings. The molecule has 0 aliphatic heterocycles. The molecule has 0 saturated heterocycles. The van der Waals surface area contributed by atoms with E-state index < -0.39 is 0 Å². The van der Waals surface area contributed by atoms with Gasteiger partial charge in [0.15, 0.2) is 18.1 Å². The second kappa shape index (κ2) is 10.0. The Labute approximate surface area is 165 Å². The molecule has 0 spiro atoms. The molecule has 0 radical (unpaired) electrons. The van der Waals surface area contributed by atoms with Gasteiger partial charge >= 0.3 is 0 Å². The molecule has 0 aliphatic carbocycles. The first-order valence-electron chi connectivity index (χ1n) is 8.79. The molecule has 28 heavy (non-hydrogen) atoms. The summed E-state index contributed by atoms with van der Waals surface area (Å²) in [5, 5.41) is 11.6. The summed E-state index contributed by atoms with van der Waals surface area (Å²) in [6, 6.07) is 12.8. The molecule has 146 valence electrons. The Morgan fingerprint density at radius 1 is 1.14 bits per heavy atom. The summed E-state index contributed by atoms with van der Waals surface area (Å²) in [5.41, 5.74) is 2.79. The van der Waals surface area contributed by atoms with E-state index in [0.29, 0.717) is 11.5 Å². The molecule has 0 aliphatic rings. The Morgan fingerprint density at radius 2 is 1.86 bits per heavy atom. The SMILES string of the molecule is COc1cc(/C=C/C(=O)NC(C)c2cc(C)ccc2OC)ccc1OCC#N. The molecule has 0 aromatic heterocycles. The predicted octanol–water partition coefficient (Wildman–Crippen LogP) is 3.81. The highest BCUT2D eigenvalue weighted by atomic mass is 16.5. The minimum absolute atomic E-state index is 0.0612. The largest absolute Gasteiger partial charge is 0.496 e. The number of methoxy groups -OCH3 is 2. The number of amides is 1. The molecule has 2 rings (SSSR count). The number of nitriles is 1. The molecule has 2 aromatic rings. The second-order valence-electron chi connectivity index (χ2n) is 6.17. The zero-order valence-electron chi connectivity index (χ0n) is 16.5. The highest BCUT2D eigenvalue weighted by Crippen LogP contribution is 2.29. The maximum Gasteiger partial charge on any atom is 0.244 e. The van der Waals surface area contributed by atoms with Crippen LogP contribution in [-0.4, -0.2) is 26.7 Å². The fourth-order valence-corrected chi connectivity index (χ4v) is 2.72. The number of hydrogen-bond donors (Lipinski definition) is 1.